The summed E-state index contributed by atoms with van der Waals surface area (Å²) in [5.74, 6) is 1.33. The lowest BCUT2D eigenvalue weighted by Gasteiger charge is -2.36. The zero-order valence-corrected chi connectivity index (χ0v) is 11.8. The first-order chi connectivity index (χ1) is 9.09. The molecule has 106 valence electrons. The van der Waals surface area contributed by atoms with Crippen molar-refractivity contribution in [2.45, 2.75) is 46.0 Å². The number of nitrogens with two attached hydrogens (primary N) is 1. The molecule has 1 heterocycles. The summed E-state index contributed by atoms with van der Waals surface area (Å²) in [6, 6.07) is 1.88. The van der Waals surface area contributed by atoms with Crippen LogP contribution in [0.4, 0.5) is 5.82 Å². The molecule has 0 bridgehead atoms. The second kappa shape index (κ2) is 5.74. The third-order valence-electron chi connectivity index (χ3n) is 4.36. The monoisotopic (exact) mass is 264 g/mol. The van der Waals surface area contributed by atoms with Crippen LogP contribution in [0.3, 0.4) is 0 Å². The molecule has 19 heavy (non-hydrogen) atoms. The van der Waals surface area contributed by atoms with Crippen LogP contribution in [-0.2, 0) is 11.2 Å². The van der Waals surface area contributed by atoms with Gasteiger partial charge >= 0.3 is 0 Å². The highest BCUT2D eigenvalue weighted by molar-refractivity contribution is 5.94. The molecule has 1 saturated carbocycles. The molecule has 0 atom stereocenters. The Bertz CT molecular complexity index is 432. The second-order valence-corrected chi connectivity index (χ2v) is 5.75. The van der Waals surface area contributed by atoms with Gasteiger partial charge in [-0.15, -0.1) is 0 Å². The minimum Gasteiger partial charge on any atom is -0.329 e. The highest BCUT2D eigenvalue weighted by atomic mass is 16.2. The van der Waals surface area contributed by atoms with Gasteiger partial charge in [0.05, 0.1) is 5.41 Å². The standard InChI is InChI=1S/C14H24N4O/c1-3-11-8-12(18-17-11)16-13(19)14(9-15)6-4-10(2)5-7-14/h8,10H,3-7,9,15H2,1-2H3,(H2,16,17,18,19). The summed E-state index contributed by atoms with van der Waals surface area (Å²) < 4.78 is 0. The molecule has 0 radical (unpaired) electrons. The summed E-state index contributed by atoms with van der Waals surface area (Å²) in [4.78, 5) is 12.5. The van der Waals surface area contributed by atoms with Crippen molar-refractivity contribution in [3.8, 4) is 0 Å². The van der Waals surface area contributed by atoms with Gasteiger partial charge in [0, 0.05) is 18.3 Å². The van der Waals surface area contributed by atoms with E-state index in [1.165, 1.54) is 0 Å². The lowest BCUT2D eigenvalue weighted by atomic mass is 9.70. The Balaban J connectivity index is 2.04. The number of aryl methyl sites for hydroxylation is 1. The largest absolute Gasteiger partial charge is 0.329 e. The molecule has 1 aliphatic rings. The van der Waals surface area contributed by atoms with Crippen molar-refractivity contribution in [3.05, 3.63) is 11.8 Å². The third-order valence-corrected chi connectivity index (χ3v) is 4.36. The smallest absolute Gasteiger partial charge is 0.233 e. The number of rotatable bonds is 4. The highest BCUT2D eigenvalue weighted by Crippen LogP contribution is 2.38. The van der Waals surface area contributed by atoms with Gasteiger partial charge in [0.25, 0.3) is 0 Å². The van der Waals surface area contributed by atoms with E-state index in [1.807, 2.05) is 13.0 Å². The topological polar surface area (TPSA) is 83.8 Å². The maximum absolute atomic E-state index is 12.5. The summed E-state index contributed by atoms with van der Waals surface area (Å²) in [5.41, 5.74) is 6.50. The lowest BCUT2D eigenvalue weighted by Crippen LogP contribution is -2.44. The first kappa shape index (κ1) is 14.1. The van der Waals surface area contributed by atoms with E-state index in [9.17, 15) is 4.79 Å². The molecule has 1 amide bonds. The second-order valence-electron chi connectivity index (χ2n) is 5.75. The summed E-state index contributed by atoms with van der Waals surface area (Å²) in [5, 5.41) is 9.92. The number of carbonyl (C=O) groups is 1. The molecular formula is C14H24N4O. The SMILES string of the molecule is CCc1cc(NC(=O)C2(CN)CCC(C)CC2)n[nH]1. The molecule has 2 rings (SSSR count). The minimum absolute atomic E-state index is 0.0241. The van der Waals surface area contributed by atoms with Crippen LogP contribution in [0.15, 0.2) is 6.07 Å². The zero-order valence-electron chi connectivity index (χ0n) is 11.8. The number of aromatic nitrogens is 2. The lowest BCUT2D eigenvalue weighted by molar-refractivity contribution is -0.127. The van der Waals surface area contributed by atoms with Crippen LogP contribution >= 0.6 is 0 Å². The minimum atomic E-state index is -0.405. The molecule has 0 aromatic carbocycles. The van der Waals surface area contributed by atoms with Crippen molar-refractivity contribution < 1.29 is 4.79 Å². The number of aromatic amines is 1. The van der Waals surface area contributed by atoms with Crippen LogP contribution in [0, 0.1) is 11.3 Å². The summed E-state index contributed by atoms with van der Waals surface area (Å²) in [6.07, 6.45) is 4.78. The Kier molecular flexibility index (Phi) is 4.24. The third kappa shape index (κ3) is 2.97. The van der Waals surface area contributed by atoms with Crippen molar-refractivity contribution >= 4 is 11.7 Å². The Labute approximate surface area is 114 Å². The van der Waals surface area contributed by atoms with E-state index in [0.717, 1.165) is 37.8 Å². The van der Waals surface area contributed by atoms with E-state index < -0.39 is 5.41 Å². The number of anilines is 1. The molecule has 0 aliphatic heterocycles. The van der Waals surface area contributed by atoms with Crippen molar-refractivity contribution in [2.75, 3.05) is 11.9 Å². The van der Waals surface area contributed by atoms with E-state index in [0.29, 0.717) is 18.3 Å². The Morgan fingerprint density at radius 2 is 2.26 bits per heavy atom. The van der Waals surface area contributed by atoms with Gasteiger partial charge < -0.3 is 11.1 Å². The quantitative estimate of drug-likeness (QED) is 0.778. The molecule has 1 aromatic heterocycles. The maximum atomic E-state index is 12.5. The van der Waals surface area contributed by atoms with Gasteiger partial charge in [-0.05, 0) is 38.0 Å². The number of carbonyl (C=O) groups excluding carboxylic acids is 1. The summed E-state index contributed by atoms with van der Waals surface area (Å²) >= 11 is 0. The predicted molar refractivity (Wildman–Crippen MR) is 75.7 cm³/mol. The number of nitrogens with one attached hydrogen (secondary N) is 2. The van der Waals surface area contributed by atoms with Crippen molar-refractivity contribution in [3.63, 3.8) is 0 Å². The molecule has 0 saturated heterocycles. The molecule has 1 aromatic rings. The number of hydrogen-bond acceptors (Lipinski definition) is 3. The molecule has 1 aliphatic carbocycles. The van der Waals surface area contributed by atoms with Crippen LogP contribution in [0.25, 0.3) is 0 Å². The number of nitrogens with zero attached hydrogens (tertiary/aromatic N) is 1. The van der Waals surface area contributed by atoms with E-state index in [-0.39, 0.29) is 5.91 Å². The van der Waals surface area contributed by atoms with Gasteiger partial charge in [-0.2, -0.15) is 5.10 Å². The fourth-order valence-electron chi connectivity index (χ4n) is 2.69. The van der Waals surface area contributed by atoms with Crippen molar-refractivity contribution in [1.29, 1.82) is 0 Å². The van der Waals surface area contributed by atoms with E-state index in [4.69, 9.17) is 5.73 Å². The van der Waals surface area contributed by atoms with Gasteiger partial charge in [-0.3, -0.25) is 9.89 Å². The van der Waals surface area contributed by atoms with E-state index >= 15 is 0 Å². The number of H-pyrrole nitrogens is 1. The molecule has 5 nitrogen and oxygen atoms in total. The zero-order chi connectivity index (χ0) is 13.9. The van der Waals surface area contributed by atoms with Crippen LogP contribution in [0.1, 0.15) is 45.2 Å². The Morgan fingerprint density at radius 1 is 1.58 bits per heavy atom. The fraction of sp³-hybridized carbons (Fsp3) is 0.714. The number of hydrogen-bond donors (Lipinski definition) is 3. The first-order valence-corrected chi connectivity index (χ1v) is 7.15. The van der Waals surface area contributed by atoms with Crippen LogP contribution in [0.5, 0.6) is 0 Å². The van der Waals surface area contributed by atoms with E-state index in [2.05, 4.69) is 22.4 Å². The maximum Gasteiger partial charge on any atom is 0.233 e. The van der Waals surface area contributed by atoms with Gasteiger partial charge in [0.2, 0.25) is 5.91 Å². The summed E-state index contributed by atoms with van der Waals surface area (Å²) in [7, 11) is 0. The van der Waals surface area contributed by atoms with Crippen molar-refractivity contribution in [2.24, 2.45) is 17.1 Å². The van der Waals surface area contributed by atoms with E-state index in [1.54, 1.807) is 0 Å². The highest BCUT2D eigenvalue weighted by Gasteiger charge is 2.40. The molecule has 0 spiro atoms. The fourth-order valence-corrected chi connectivity index (χ4v) is 2.69. The van der Waals surface area contributed by atoms with Gasteiger partial charge in [-0.25, -0.2) is 0 Å². The van der Waals surface area contributed by atoms with Crippen LogP contribution < -0.4 is 11.1 Å². The Morgan fingerprint density at radius 3 is 2.79 bits per heavy atom. The normalized spacial score (nSPS) is 27.2. The molecule has 0 unspecified atom stereocenters. The first-order valence-electron chi connectivity index (χ1n) is 7.15. The molecular weight excluding hydrogens is 240 g/mol. The number of amides is 1. The van der Waals surface area contributed by atoms with Crippen molar-refractivity contribution in [1.82, 2.24) is 10.2 Å². The molecule has 1 fully saturated rings. The molecule has 4 N–H and O–H groups in total. The van der Waals surface area contributed by atoms with Crippen LogP contribution in [-0.4, -0.2) is 22.6 Å². The summed E-state index contributed by atoms with van der Waals surface area (Å²) in [6.45, 7) is 4.69. The van der Waals surface area contributed by atoms with Gasteiger partial charge in [0.1, 0.15) is 0 Å². The van der Waals surface area contributed by atoms with Crippen LogP contribution in [0.2, 0.25) is 0 Å². The predicted octanol–water partition coefficient (Wildman–Crippen LogP) is 2.07. The Hall–Kier alpha value is -1.36. The average molecular weight is 264 g/mol. The van der Waals surface area contributed by atoms with Gasteiger partial charge in [0.15, 0.2) is 5.82 Å². The average Bonchev–Trinajstić information content (AvgIpc) is 2.87. The van der Waals surface area contributed by atoms with Gasteiger partial charge in [-0.1, -0.05) is 13.8 Å². The molecule has 5 heteroatoms.